The number of aliphatic hydroxyl groups excluding tert-OH is 3. The molecule has 0 aromatic heterocycles. The predicted octanol–water partition coefficient (Wildman–Crippen LogP) is 3.33. The van der Waals surface area contributed by atoms with Crippen LogP contribution in [0.3, 0.4) is 0 Å². The smallest absolute Gasteiger partial charge is 0.302 e. The summed E-state index contributed by atoms with van der Waals surface area (Å²) < 4.78 is 5.90. The second kappa shape index (κ2) is 8.73. The minimum atomic E-state index is -1.12. The third kappa shape index (κ3) is 3.25. The molecule has 4 N–H and O–H groups in total. The molecule has 0 aromatic carbocycles. The van der Waals surface area contributed by atoms with Crippen LogP contribution in [0.1, 0.15) is 79.1 Å². The van der Waals surface area contributed by atoms with E-state index in [9.17, 15) is 30.0 Å². The zero-order valence-electron chi connectivity index (χ0n) is 23.8. The molecule has 5 fully saturated rings. The van der Waals surface area contributed by atoms with E-state index in [-0.39, 0.29) is 41.7 Å². The average molecular weight is 543 g/mol. The van der Waals surface area contributed by atoms with Gasteiger partial charge in [-0.2, -0.15) is 0 Å². The Kier molecular flexibility index (Phi) is 6.18. The number of carbonyl (C=O) groups excluding carboxylic acids is 2. The van der Waals surface area contributed by atoms with E-state index in [1.807, 2.05) is 6.92 Å². The van der Waals surface area contributed by atoms with Gasteiger partial charge in [0.2, 0.25) is 0 Å². The van der Waals surface area contributed by atoms with E-state index < -0.39 is 46.1 Å². The van der Waals surface area contributed by atoms with Gasteiger partial charge in [-0.25, -0.2) is 0 Å². The maximum absolute atomic E-state index is 13.3. The average Bonchev–Trinajstić information content (AvgIpc) is 3.62. The van der Waals surface area contributed by atoms with Gasteiger partial charge in [-0.05, 0) is 84.0 Å². The van der Waals surface area contributed by atoms with Crippen LogP contribution in [0.4, 0.5) is 0 Å². The lowest BCUT2D eigenvalue weighted by molar-refractivity contribution is -0.170. The molecule has 2 bridgehead atoms. The summed E-state index contributed by atoms with van der Waals surface area (Å²) in [4.78, 5) is 25.4. The van der Waals surface area contributed by atoms with E-state index in [4.69, 9.17) is 4.74 Å². The zero-order valence-corrected chi connectivity index (χ0v) is 23.8. The summed E-state index contributed by atoms with van der Waals surface area (Å²) in [7, 11) is 0. The third-order valence-corrected chi connectivity index (χ3v) is 12.8. The molecule has 0 aromatic rings. The molecule has 0 aliphatic heterocycles. The Morgan fingerprint density at radius 1 is 1.03 bits per heavy atom. The lowest BCUT2D eigenvalue weighted by Gasteiger charge is -2.51. The Labute approximate surface area is 231 Å². The summed E-state index contributed by atoms with van der Waals surface area (Å²) in [5.41, 5.74) is -2.07. The van der Waals surface area contributed by atoms with Crippen LogP contribution in [0, 0.1) is 51.8 Å². The van der Waals surface area contributed by atoms with E-state index in [1.165, 1.54) is 6.92 Å². The highest BCUT2D eigenvalue weighted by molar-refractivity contribution is 5.71. The maximum atomic E-state index is 13.3. The highest BCUT2D eigenvalue weighted by atomic mass is 16.5. The fourth-order valence-corrected chi connectivity index (χ4v) is 11.4. The summed E-state index contributed by atoms with van der Waals surface area (Å²) in [5.74, 6) is -0.919. The molecule has 6 aliphatic rings. The lowest BCUT2D eigenvalue weighted by atomic mass is 9.55. The number of hydrogen-bond donors (Lipinski definition) is 4. The number of rotatable bonds is 5. The molecular formula is C32H46O7. The zero-order chi connectivity index (χ0) is 28.3. The number of hydrogen-bond acceptors (Lipinski definition) is 7. The normalized spacial score (nSPS) is 52.1. The van der Waals surface area contributed by atoms with Crippen LogP contribution in [0.15, 0.2) is 23.8 Å². The van der Waals surface area contributed by atoms with E-state index in [2.05, 4.69) is 12.7 Å². The molecule has 39 heavy (non-hydrogen) atoms. The first-order valence-electron chi connectivity index (χ1n) is 15.1. The van der Waals surface area contributed by atoms with Crippen molar-refractivity contribution >= 4 is 12.3 Å². The van der Waals surface area contributed by atoms with E-state index in [1.54, 1.807) is 13.8 Å². The Hall–Kier alpha value is -1.54. The number of ether oxygens (including phenoxy) is 1. The van der Waals surface area contributed by atoms with Crippen LogP contribution in [0.5, 0.6) is 0 Å². The Morgan fingerprint density at radius 3 is 2.31 bits per heavy atom. The maximum Gasteiger partial charge on any atom is 0.302 e. The summed E-state index contributed by atoms with van der Waals surface area (Å²) in [6, 6.07) is 0. The van der Waals surface area contributed by atoms with Gasteiger partial charge in [-0.1, -0.05) is 23.8 Å². The van der Waals surface area contributed by atoms with Gasteiger partial charge in [-0.15, -0.1) is 0 Å². The minimum Gasteiger partial charge on any atom is -0.462 e. The first-order chi connectivity index (χ1) is 18.3. The van der Waals surface area contributed by atoms with Gasteiger partial charge in [0, 0.05) is 41.4 Å². The fourth-order valence-electron chi connectivity index (χ4n) is 11.4. The first-order valence-corrected chi connectivity index (χ1v) is 15.1. The van der Waals surface area contributed by atoms with Gasteiger partial charge in [-0.3, -0.25) is 4.79 Å². The summed E-state index contributed by atoms with van der Waals surface area (Å²) in [5, 5.41) is 46.9. The summed E-state index contributed by atoms with van der Waals surface area (Å²) in [6.07, 6.45) is 5.61. The van der Waals surface area contributed by atoms with Crippen molar-refractivity contribution in [3.05, 3.63) is 23.8 Å². The van der Waals surface area contributed by atoms with Crippen molar-refractivity contribution in [1.29, 1.82) is 0 Å². The predicted molar refractivity (Wildman–Crippen MR) is 144 cm³/mol. The number of carbonyl (C=O) groups is 2. The van der Waals surface area contributed by atoms with Crippen LogP contribution >= 0.6 is 0 Å². The van der Waals surface area contributed by atoms with Crippen LogP contribution < -0.4 is 0 Å². The number of allylic oxidation sites excluding steroid dienone is 1. The van der Waals surface area contributed by atoms with E-state index >= 15 is 0 Å². The van der Waals surface area contributed by atoms with E-state index in [0.717, 1.165) is 43.1 Å². The van der Waals surface area contributed by atoms with Gasteiger partial charge in [0.05, 0.1) is 29.3 Å². The fraction of sp³-hybridized carbons (Fsp3) is 0.812. The van der Waals surface area contributed by atoms with Crippen molar-refractivity contribution in [2.45, 2.75) is 109 Å². The quantitative estimate of drug-likeness (QED) is 0.239. The largest absolute Gasteiger partial charge is 0.462 e. The highest BCUT2D eigenvalue weighted by Crippen LogP contribution is 2.80. The molecule has 7 heteroatoms. The molecule has 0 saturated heterocycles. The van der Waals surface area contributed by atoms with Gasteiger partial charge in [0.25, 0.3) is 0 Å². The molecule has 0 unspecified atom stereocenters. The molecule has 7 nitrogen and oxygen atoms in total. The number of aldehydes is 1. The van der Waals surface area contributed by atoms with Crippen molar-refractivity contribution in [3.63, 3.8) is 0 Å². The number of aliphatic hydroxyl groups is 4. The molecule has 6 aliphatic carbocycles. The molecule has 0 heterocycles. The van der Waals surface area contributed by atoms with Crippen LogP contribution in [-0.2, 0) is 14.3 Å². The van der Waals surface area contributed by atoms with Gasteiger partial charge >= 0.3 is 5.97 Å². The monoisotopic (exact) mass is 542 g/mol. The van der Waals surface area contributed by atoms with Gasteiger partial charge in [0.1, 0.15) is 12.4 Å². The van der Waals surface area contributed by atoms with Crippen LogP contribution in [-0.4, -0.2) is 62.7 Å². The molecule has 5 saturated carbocycles. The van der Waals surface area contributed by atoms with Gasteiger partial charge in [0.15, 0.2) is 0 Å². The summed E-state index contributed by atoms with van der Waals surface area (Å²) >= 11 is 0. The van der Waals surface area contributed by atoms with Crippen molar-refractivity contribution in [2.75, 3.05) is 0 Å². The van der Waals surface area contributed by atoms with Crippen LogP contribution in [0.2, 0.25) is 0 Å². The minimum absolute atomic E-state index is 0.0817. The number of esters is 1. The van der Waals surface area contributed by atoms with Crippen molar-refractivity contribution in [1.82, 2.24) is 0 Å². The molecule has 13 atom stereocenters. The Balaban J connectivity index is 1.43. The Morgan fingerprint density at radius 2 is 1.72 bits per heavy atom. The van der Waals surface area contributed by atoms with Crippen LogP contribution in [0.25, 0.3) is 0 Å². The van der Waals surface area contributed by atoms with Crippen molar-refractivity contribution in [2.24, 2.45) is 51.8 Å². The molecule has 6 rings (SSSR count). The van der Waals surface area contributed by atoms with E-state index in [0.29, 0.717) is 25.7 Å². The molecule has 216 valence electrons. The lowest BCUT2D eigenvalue weighted by Crippen LogP contribution is -2.59. The standard InChI is InChI=1S/C32H46O7/c1-16(2)18-6-8-20(25(18)39-17(3)34)19-7-9-21-22(19)14-30(15-33)24-11-13-32(30,26(21)35)28(37)31(24)12-10-23(27(31)36)29(4,5)38/h14-15,18-21,23-28,35-38H,1,6-13H2,2-5H3/t18-,19-,20+,21+,23+,24-,25+,26-,27-,28-,30-,31+,32+/m0/s1. The molecule has 0 radical (unpaired) electrons. The molecule has 0 amide bonds. The number of fused-ring (bicyclic) bond motifs is 2. The highest BCUT2D eigenvalue weighted by Gasteiger charge is 2.83. The first kappa shape index (κ1) is 27.6. The van der Waals surface area contributed by atoms with Crippen molar-refractivity contribution < 1.29 is 34.8 Å². The topological polar surface area (TPSA) is 124 Å². The molecular weight excluding hydrogens is 496 g/mol. The second-order valence-corrected chi connectivity index (χ2v) is 14.6. The second-order valence-electron chi connectivity index (χ2n) is 14.6. The Bertz CT molecular complexity index is 1110. The molecule has 1 spiro atoms. The van der Waals surface area contributed by atoms with Gasteiger partial charge < -0.3 is 30.0 Å². The SMILES string of the molecule is C=C(C)[C@@H]1CC[C@H]([C@@H]2CC[C@@H]3C2=C[C@]2(C=O)[C@@H]4CC[C@@]2([C@H]3O)[C@@H](O)[C@]42CC[C@@H](C(C)(C)O)[C@@H]2O)[C@@H]1OC(C)=O. The third-order valence-electron chi connectivity index (χ3n) is 12.8. The van der Waals surface area contributed by atoms with Crippen molar-refractivity contribution in [3.8, 4) is 0 Å². The summed E-state index contributed by atoms with van der Waals surface area (Å²) in [6.45, 7) is 11.0.